The summed E-state index contributed by atoms with van der Waals surface area (Å²) in [6.45, 7) is 0.448. The van der Waals surface area contributed by atoms with Crippen molar-refractivity contribution in [1.29, 1.82) is 0 Å². The van der Waals surface area contributed by atoms with Crippen LogP contribution in [0.15, 0.2) is 48.5 Å². The van der Waals surface area contributed by atoms with Gasteiger partial charge in [-0.3, -0.25) is 0 Å². The second-order valence-corrected chi connectivity index (χ2v) is 7.88. The predicted molar refractivity (Wildman–Crippen MR) is 101 cm³/mol. The zero-order chi connectivity index (χ0) is 19.9. The smallest absolute Gasteiger partial charge is 0.342 e. The third kappa shape index (κ3) is 7.46. The summed E-state index contributed by atoms with van der Waals surface area (Å²) in [7, 11) is -3.54. The fraction of sp³-hybridized carbons (Fsp3) is 0.278. The van der Waals surface area contributed by atoms with Crippen LogP contribution in [0.3, 0.4) is 0 Å². The standard InChI is InChI=1S/C18H20ClNO6S/c1-27(22,23)26-16-8-6-15(7-9-16)24-11-10-13-2-4-14(5-3-13)12-17(19)18(21)25-20/h2-9,17H,10-12,20H2,1H3. The van der Waals surface area contributed by atoms with Gasteiger partial charge in [-0.1, -0.05) is 24.3 Å². The fourth-order valence-electron chi connectivity index (χ4n) is 2.26. The van der Waals surface area contributed by atoms with Gasteiger partial charge in [0.05, 0.1) is 12.9 Å². The zero-order valence-electron chi connectivity index (χ0n) is 14.6. The molecule has 2 aromatic carbocycles. The van der Waals surface area contributed by atoms with Crippen molar-refractivity contribution >= 4 is 27.7 Å². The monoisotopic (exact) mass is 413 g/mol. The summed E-state index contributed by atoms with van der Waals surface area (Å²) in [6.07, 6.45) is 1.99. The fourth-order valence-corrected chi connectivity index (χ4v) is 2.95. The molecule has 2 rings (SSSR count). The summed E-state index contributed by atoms with van der Waals surface area (Å²) in [5.74, 6) is 4.98. The Labute approximate surface area is 163 Å². The van der Waals surface area contributed by atoms with E-state index >= 15 is 0 Å². The van der Waals surface area contributed by atoms with Crippen molar-refractivity contribution in [2.75, 3.05) is 12.9 Å². The Bertz CT molecular complexity index is 852. The summed E-state index contributed by atoms with van der Waals surface area (Å²) >= 11 is 5.89. The van der Waals surface area contributed by atoms with Crippen molar-refractivity contribution < 1.29 is 27.0 Å². The first-order chi connectivity index (χ1) is 12.8. The van der Waals surface area contributed by atoms with Gasteiger partial charge in [0.2, 0.25) is 0 Å². The van der Waals surface area contributed by atoms with Gasteiger partial charge in [-0.2, -0.15) is 14.3 Å². The van der Waals surface area contributed by atoms with E-state index in [1.54, 1.807) is 12.1 Å². The van der Waals surface area contributed by atoms with Crippen LogP contribution >= 0.6 is 11.6 Å². The van der Waals surface area contributed by atoms with Crippen LogP contribution in [-0.4, -0.2) is 32.6 Å². The Kier molecular flexibility index (Phi) is 7.46. The molecule has 146 valence electrons. The van der Waals surface area contributed by atoms with Crippen molar-refractivity contribution in [2.45, 2.75) is 18.2 Å². The average Bonchev–Trinajstić information content (AvgIpc) is 2.62. The van der Waals surface area contributed by atoms with E-state index in [0.29, 0.717) is 25.2 Å². The van der Waals surface area contributed by atoms with Crippen molar-refractivity contribution in [3.8, 4) is 11.5 Å². The number of halogens is 1. The van der Waals surface area contributed by atoms with E-state index in [0.717, 1.165) is 17.4 Å². The molecule has 0 aliphatic heterocycles. The molecule has 0 spiro atoms. The number of hydrogen-bond donors (Lipinski definition) is 1. The highest BCUT2D eigenvalue weighted by Gasteiger charge is 2.16. The topological polar surface area (TPSA) is 105 Å². The summed E-state index contributed by atoms with van der Waals surface area (Å²) in [4.78, 5) is 15.3. The van der Waals surface area contributed by atoms with E-state index in [4.69, 9.17) is 26.4 Å². The maximum absolute atomic E-state index is 11.2. The molecule has 1 unspecified atom stereocenters. The van der Waals surface area contributed by atoms with Crippen LogP contribution in [0.25, 0.3) is 0 Å². The SMILES string of the molecule is CS(=O)(=O)Oc1ccc(OCCc2ccc(CC(Cl)C(=O)ON)cc2)cc1. The van der Waals surface area contributed by atoms with E-state index in [1.807, 2.05) is 24.3 Å². The Hall–Kier alpha value is -2.29. The van der Waals surface area contributed by atoms with E-state index in [-0.39, 0.29) is 5.75 Å². The number of nitrogens with two attached hydrogens (primary N) is 1. The van der Waals surface area contributed by atoms with Gasteiger partial charge in [0.15, 0.2) is 0 Å². The van der Waals surface area contributed by atoms with Crippen molar-refractivity contribution in [3.05, 3.63) is 59.7 Å². The van der Waals surface area contributed by atoms with E-state index in [9.17, 15) is 13.2 Å². The van der Waals surface area contributed by atoms with Gasteiger partial charge >= 0.3 is 16.1 Å². The first kappa shape index (κ1) is 21.0. The van der Waals surface area contributed by atoms with Gasteiger partial charge in [0.25, 0.3) is 0 Å². The molecule has 0 heterocycles. The number of alkyl halides is 1. The number of carbonyl (C=O) groups excluding carboxylic acids is 1. The van der Waals surface area contributed by atoms with Gasteiger partial charge in [-0.05, 0) is 41.8 Å². The highest BCUT2D eigenvalue weighted by molar-refractivity contribution is 7.86. The van der Waals surface area contributed by atoms with Gasteiger partial charge in [-0.25, -0.2) is 4.79 Å². The van der Waals surface area contributed by atoms with Gasteiger partial charge in [0, 0.05) is 6.42 Å². The Morgan fingerprint density at radius 3 is 2.15 bits per heavy atom. The van der Waals surface area contributed by atoms with Crippen LogP contribution in [0.4, 0.5) is 0 Å². The molecule has 7 nitrogen and oxygen atoms in total. The normalized spacial score (nSPS) is 12.3. The molecule has 0 saturated heterocycles. The second kappa shape index (κ2) is 9.59. The molecular weight excluding hydrogens is 394 g/mol. The Morgan fingerprint density at radius 1 is 1.04 bits per heavy atom. The maximum Gasteiger partial charge on any atom is 0.342 e. The summed E-state index contributed by atoms with van der Waals surface area (Å²) < 4.78 is 32.5. The zero-order valence-corrected chi connectivity index (χ0v) is 16.2. The molecule has 0 saturated carbocycles. The number of rotatable bonds is 9. The number of ether oxygens (including phenoxy) is 1. The molecule has 9 heteroatoms. The molecule has 0 aliphatic carbocycles. The highest BCUT2D eigenvalue weighted by atomic mass is 35.5. The van der Waals surface area contributed by atoms with Crippen molar-refractivity contribution in [1.82, 2.24) is 0 Å². The molecule has 0 aliphatic rings. The van der Waals surface area contributed by atoms with Crippen LogP contribution < -0.4 is 14.8 Å². The molecule has 0 fully saturated rings. The molecule has 1 atom stereocenters. The minimum Gasteiger partial charge on any atom is -0.493 e. The molecule has 0 radical (unpaired) electrons. The number of carbonyl (C=O) groups is 1. The molecule has 0 aromatic heterocycles. The third-order valence-electron chi connectivity index (χ3n) is 3.54. The van der Waals surface area contributed by atoms with E-state index in [1.165, 1.54) is 12.1 Å². The maximum atomic E-state index is 11.2. The van der Waals surface area contributed by atoms with Crippen LogP contribution in [0.5, 0.6) is 11.5 Å². The summed E-state index contributed by atoms with van der Waals surface area (Å²) in [5, 5.41) is -0.821. The van der Waals surface area contributed by atoms with Crippen LogP contribution in [0.2, 0.25) is 0 Å². The molecule has 0 bridgehead atoms. The number of hydrogen-bond acceptors (Lipinski definition) is 7. The lowest BCUT2D eigenvalue weighted by atomic mass is 10.1. The largest absolute Gasteiger partial charge is 0.493 e. The van der Waals surface area contributed by atoms with Crippen molar-refractivity contribution in [3.63, 3.8) is 0 Å². The quantitative estimate of drug-likeness (QED) is 0.381. The van der Waals surface area contributed by atoms with Gasteiger partial charge in [-0.15, -0.1) is 11.6 Å². The van der Waals surface area contributed by atoms with Gasteiger partial charge < -0.3 is 13.8 Å². The minimum atomic E-state index is -3.54. The van der Waals surface area contributed by atoms with Gasteiger partial charge in [0.1, 0.15) is 16.9 Å². The van der Waals surface area contributed by atoms with E-state index in [2.05, 4.69) is 4.84 Å². The molecular formula is C18H20ClNO6S. The van der Waals surface area contributed by atoms with Crippen LogP contribution in [0.1, 0.15) is 11.1 Å². The summed E-state index contributed by atoms with van der Waals surface area (Å²) in [5.41, 5.74) is 1.95. The summed E-state index contributed by atoms with van der Waals surface area (Å²) in [6, 6.07) is 14.0. The first-order valence-electron chi connectivity index (χ1n) is 8.01. The lowest BCUT2D eigenvalue weighted by Crippen LogP contribution is -2.23. The first-order valence-corrected chi connectivity index (χ1v) is 10.3. The third-order valence-corrected chi connectivity index (χ3v) is 4.37. The van der Waals surface area contributed by atoms with Crippen LogP contribution in [-0.2, 0) is 32.6 Å². The predicted octanol–water partition coefficient (Wildman–Crippen LogP) is 2.21. The molecule has 2 aromatic rings. The average molecular weight is 414 g/mol. The van der Waals surface area contributed by atoms with Crippen molar-refractivity contribution in [2.24, 2.45) is 5.90 Å². The lowest BCUT2D eigenvalue weighted by Gasteiger charge is -2.09. The molecule has 27 heavy (non-hydrogen) atoms. The second-order valence-electron chi connectivity index (χ2n) is 5.78. The van der Waals surface area contributed by atoms with E-state index < -0.39 is 21.5 Å². The molecule has 0 amide bonds. The Balaban J connectivity index is 1.80. The Morgan fingerprint density at radius 2 is 1.59 bits per heavy atom. The van der Waals surface area contributed by atoms with Crippen LogP contribution in [0, 0.1) is 0 Å². The number of benzene rings is 2. The molecule has 2 N–H and O–H groups in total. The highest BCUT2D eigenvalue weighted by Crippen LogP contribution is 2.19. The minimum absolute atomic E-state index is 0.233. The lowest BCUT2D eigenvalue weighted by molar-refractivity contribution is -0.143.